The standard InChI is InChI=1S/C13H17NOS/c1-4-11-5-6-12(15-11)13(14-3)10-7-9(2)16-8-10/h5-8,13-14H,4H2,1-3H3. The molecule has 0 aromatic carbocycles. The number of aryl methyl sites for hydroxylation is 2. The Labute approximate surface area is 100 Å². The van der Waals surface area contributed by atoms with Gasteiger partial charge < -0.3 is 9.73 Å². The lowest BCUT2D eigenvalue weighted by Gasteiger charge is -2.11. The molecule has 0 saturated heterocycles. The summed E-state index contributed by atoms with van der Waals surface area (Å²) in [5.74, 6) is 2.04. The minimum atomic E-state index is 0.172. The van der Waals surface area contributed by atoms with E-state index in [4.69, 9.17) is 4.42 Å². The van der Waals surface area contributed by atoms with Crippen molar-refractivity contribution in [3.05, 3.63) is 45.5 Å². The monoisotopic (exact) mass is 235 g/mol. The van der Waals surface area contributed by atoms with Gasteiger partial charge in [0.15, 0.2) is 0 Å². The maximum absolute atomic E-state index is 5.79. The van der Waals surface area contributed by atoms with Crippen molar-refractivity contribution in [2.24, 2.45) is 0 Å². The molecule has 3 heteroatoms. The van der Waals surface area contributed by atoms with Crippen LogP contribution in [0.5, 0.6) is 0 Å². The molecule has 0 amide bonds. The molecule has 86 valence electrons. The molecule has 0 spiro atoms. The predicted molar refractivity (Wildman–Crippen MR) is 68.0 cm³/mol. The first-order chi connectivity index (χ1) is 7.74. The summed E-state index contributed by atoms with van der Waals surface area (Å²) in [5, 5.41) is 5.48. The molecule has 0 saturated carbocycles. The van der Waals surface area contributed by atoms with Crippen LogP contribution in [0.2, 0.25) is 0 Å². The molecule has 0 aliphatic rings. The topological polar surface area (TPSA) is 25.2 Å². The average Bonchev–Trinajstić information content (AvgIpc) is 2.89. The molecular weight excluding hydrogens is 218 g/mol. The van der Waals surface area contributed by atoms with Gasteiger partial charge in [0.05, 0.1) is 6.04 Å². The highest BCUT2D eigenvalue weighted by Gasteiger charge is 2.16. The SMILES string of the molecule is CCc1ccc(C(NC)c2csc(C)c2)o1. The zero-order chi connectivity index (χ0) is 11.5. The summed E-state index contributed by atoms with van der Waals surface area (Å²) in [6.45, 7) is 4.23. The molecular formula is C13H17NOS. The zero-order valence-corrected chi connectivity index (χ0v) is 10.7. The van der Waals surface area contributed by atoms with Gasteiger partial charge in [-0.05, 0) is 43.1 Å². The minimum Gasteiger partial charge on any atom is -0.464 e. The molecule has 1 N–H and O–H groups in total. The van der Waals surface area contributed by atoms with Gasteiger partial charge in [-0.15, -0.1) is 11.3 Å². The molecule has 0 aliphatic heterocycles. The van der Waals surface area contributed by atoms with Crippen LogP contribution >= 0.6 is 11.3 Å². The Morgan fingerprint density at radius 3 is 2.75 bits per heavy atom. The fraction of sp³-hybridized carbons (Fsp3) is 0.385. The highest BCUT2D eigenvalue weighted by atomic mass is 32.1. The van der Waals surface area contributed by atoms with E-state index < -0.39 is 0 Å². The Morgan fingerprint density at radius 1 is 1.44 bits per heavy atom. The Hall–Kier alpha value is -1.06. The molecule has 16 heavy (non-hydrogen) atoms. The second kappa shape index (κ2) is 4.85. The maximum atomic E-state index is 5.79. The number of furan rings is 1. The first kappa shape index (κ1) is 11.4. The van der Waals surface area contributed by atoms with E-state index in [2.05, 4.69) is 42.7 Å². The van der Waals surface area contributed by atoms with E-state index in [0.717, 1.165) is 17.9 Å². The van der Waals surface area contributed by atoms with Crippen LogP contribution in [0.25, 0.3) is 0 Å². The van der Waals surface area contributed by atoms with Crippen LogP contribution in [0.1, 0.15) is 34.9 Å². The summed E-state index contributed by atoms with van der Waals surface area (Å²) < 4.78 is 5.79. The molecule has 0 radical (unpaired) electrons. The van der Waals surface area contributed by atoms with Crippen molar-refractivity contribution >= 4 is 11.3 Å². The third-order valence-electron chi connectivity index (χ3n) is 2.69. The van der Waals surface area contributed by atoms with Gasteiger partial charge in [0.1, 0.15) is 11.5 Å². The van der Waals surface area contributed by atoms with Crippen LogP contribution in [-0.4, -0.2) is 7.05 Å². The Balaban J connectivity index is 2.28. The summed E-state index contributed by atoms with van der Waals surface area (Å²) in [7, 11) is 1.96. The lowest BCUT2D eigenvalue weighted by atomic mass is 10.1. The van der Waals surface area contributed by atoms with Gasteiger partial charge >= 0.3 is 0 Å². The van der Waals surface area contributed by atoms with Crippen molar-refractivity contribution in [3.8, 4) is 0 Å². The number of nitrogens with one attached hydrogen (secondary N) is 1. The first-order valence-electron chi connectivity index (χ1n) is 5.55. The molecule has 1 atom stereocenters. The molecule has 2 rings (SSSR count). The third kappa shape index (κ3) is 2.20. The van der Waals surface area contributed by atoms with E-state index in [-0.39, 0.29) is 6.04 Å². The quantitative estimate of drug-likeness (QED) is 0.877. The van der Waals surface area contributed by atoms with Crippen LogP contribution in [0.3, 0.4) is 0 Å². The normalized spacial score (nSPS) is 12.9. The molecule has 0 aliphatic carbocycles. The van der Waals surface area contributed by atoms with E-state index in [1.165, 1.54) is 10.4 Å². The summed E-state index contributed by atoms with van der Waals surface area (Å²) in [4.78, 5) is 1.33. The van der Waals surface area contributed by atoms with Gasteiger partial charge in [-0.2, -0.15) is 0 Å². The Bertz CT molecular complexity index is 458. The number of hydrogen-bond donors (Lipinski definition) is 1. The van der Waals surface area contributed by atoms with Crippen molar-refractivity contribution in [1.82, 2.24) is 5.32 Å². The lowest BCUT2D eigenvalue weighted by Crippen LogP contribution is -2.16. The zero-order valence-electron chi connectivity index (χ0n) is 9.91. The molecule has 2 aromatic heterocycles. The van der Waals surface area contributed by atoms with Gasteiger partial charge in [0, 0.05) is 11.3 Å². The van der Waals surface area contributed by atoms with Crippen LogP contribution in [0, 0.1) is 6.92 Å². The van der Waals surface area contributed by atoms with Crippen LogP contribution in [-0.2, 0) is 6.42 Å². The van der Waals surface area contributed by atoms with Gasteiger partial charge in [0.2, 0.25) is 0 Å². The summed E-state index contributed by atoms with van der Waals surface area (Å²) in [6, 6.07) is 6.50. The van der Waals surface area contributed by atoms with Crippen molar-refractivity contribution in [3.63, 3.8) is 0 Å². The van der Waals surface area contributed by atoms with Crippen LogP contribution in [0.15, 0.2) is 28.0 Å². The van der Waals surface area contributed by atoms with E-state index in [9.17, 15) is 0 Å². The van der Waals surface area contributed by atoms with Gasteiger partial charge in [-0.3, -0.25) is 0 Å². The van der Waals surface area contributed by atoms with Crippen LogP contribution in [0.4, 0.5) is 0 Å². The highest BCUT2D eigenvalue weighted by Crippen LogP contribution is 2.27. The predicted octanol–water partition coefficient (Wildman–Crippen LogP) is 3.52. The molecule has 0 bridgehead atoms. The van der Waals surface area contributed by atoms with E-state index in [0.29, 0.717) is 0 Å². The van der Waals surface area contributed by atoms with E-state index >= 15 is 0 Å². The average molecular weight is 235 g/mol. The highest BCUT2D eigenvalue weighted by molar-refractivity contribution is 7.10. The number of thiophene rings is 1. The number of rotatable bonds is 4. The van der Waals surface area contributed by atoms with Gasteiger partial charge in [0.25, 0.3) is 0 Å². The van der Waals surface area contributed by atoms with Crippen molar-refractivity contribution < 1.29 is 4.42 Å². The van der Waals surface area contributed by atoms with E-state index in [1.54, 1.807) is 11.3 Å². The molecule has 2 heterocycles. The summed E-state index contributed by atoms with van der Waals surface area (Å²) in [6.07, 6.45) is 0.944. The maximum Gasteiger partial charge on any atom is 0.125 e. The first-order valence-corrected chi connectivity index (χ1v) is 6.43. The Kier molecular flexibility index (Phi) is 3.46. The smallest absolute Gasteiger partial charge is 0.125 e. The van der Waals surface area contributed by atoms with Gasteiger partial charge in [-0.25, -0.2) is 0 Å². The van der Waals surface area contributed by atoms with Crippen molar-refractivity contribution in [2.75, 3.05) is 7.05 Å². The number of hydrogen-bond acceptors (Lipinski definition) is 3. The summed E-state index contributed by atoms with van der Waals surface area (Å²) >= 11 is 1.77. The minimum absolute atomic E-state index is 0.172. The van der Waals surface area contributed by atoms with Gasteiger partial charge in [-0.1, -0.05) is 6.92 Å². The fourth-order valence-corrected chi connectivity index (χ4v) is 2.56. The van der Waals surface area contributed by atoms with E-state index in [1.807, 2.05) is 7.05 Å². The second-order valence-electron chi connectivity index (χ2n) is 3.87. The molecule has 1 unspecified atom stereocenters. The largest absolute Gasteiger partial charge is 0.464 e. The van der Waals surface area contributed by atoms with Crippen molar-refractivity contribution in [2.45, 2.75) is 26.3 Å². The molecule has 2 aromatic rings. The fourth-order valence-electron chi connectivity index (χ4n) is 1.83. The lowest BCUT2D eigenvalue weighted by molar-refractivity contribution is 0.434. The second-order valence-corrected chi connectivity index (χ2v) is 4.99. The van der Waals surface area contributed by atoms with Crippen LogP contribution < -0.4 is 5.32 Å². The Morgan fingerprint density at radius 2 is 2.25 bits per heavy atom. The van der Waals surface area contributed by atoms with Crippen molar-refractivity contribution in [1.29, 1.82) is 0 Å². The summed E-state index contributed by atoms with van der Waals surface area (Å²) in [5.41, 5.74) is 1.28. The molecule has 2 nitrogen and oxygen atoms in total. The third-order valence-corrected chi connectivity index (χ3v) is 3.57. The molecule has 0 fully saturated rings.